The summed E-state index contributed by atoms with van der Waals surface area (Å²) in [5, 5.41) is 5.98. The van der Waals surface area contributed by atoms with Crippen molar-refractivity contribution in [2.75, 3.05) is 0 Å². The Balaban J connectivity index is 1.69. The highest BCUT2D eigenvalue weighted by Crippen LogP contribution is 2.34. The molecule has 0 unspecified atom stereocenters. The Morgan fingerprint density at radius 3 is 2.45 bits per heavy atom. The molecular formula is C31H28N2. The Bertz CT molecular complexity index is 1470. The van der Waals surface area contributed by atoms with E-state index in [1.54, 1.807) is 0 Å². The first-order valence-electron chi connectivity index (χ1n) is 11.5. The van der Waals surface area contributed by atoms with Crippen LogP contribution in [0.1, 0.15) is 25.8 Å². The Labute approximate surface area is 195 Å². The van der Waals surface area contributed by atoms with Crippen molar-refractivity contribution in [2.45, 2.75) is 20.3 Å². The quantitative estimate of drug-likeness (QED) is 0.348. The van der Waals surface area contributed by atoms with Crippen LogP contribution >= 0.6 is 0 Å². The van der Waals surface area contributed by atoms with Gasteiger partial charge < -0.3 is 9.88 Å². The van der Waals surface area contributed by atoms with E-state index in [4.69, 9.17) is 0 Å². The largest absolute Gasteiger partial charge is 0.364 e. The fraction of sp³-hybridized carbons (Fsp3) is 0.0968. The maximum atomic E-state index is 4.38. The fourth-order valence-corrected chi connectivity index (χ4v) is 4.67. The van der Waals surface area contributed by atoms with Crippen molar-refractivity contribution in [2.24, 2.45) is 0 Å². The molecule has 2 heteroatoms. The third-order valence-corrected chi connectivity index (χ3v) is 6.23. The maximum absolute atomic E-state index is 4.38. The number of benzene rings is 3. The zero-order valence-electron chi connectivity index (χ0n) is 19.2. The SMILES string of the molecule is C=C1/C=C(c2ccc3c(c2)c2ccccc2n3-c2ccccc2)\C=C/N/C(CC)=C1/C=C\C. The second-order valence-corrected chi connectivity index (χ2v) is 8.27. The molecule has 0 saturated heterocycles. The first kappa shape index (κ1) is 20.8. The van der Waals surface area contributed by atoms with E-state index in [-0.39, 0.29) is 0 Å². The molecule has 0 atom stereocenters. The number of allylic oxidation sites excluding steroid dienone is 8. The minimum Gasteiger partial charge on any atom is -0.364 e. The van der Waals surface area contributed by atoms with E-state index in [0.29, 0.717) is 0 Å². The Kier molecular flexibility index (Phi) is 5.58. The number of nitrogens with one attached hydrogen (secondary N) is 1. The molecule has 1 aliphatic rings. The van der Waals surface area contributed by atoms with Crippen LogP contribution in [0.15, 0.2) is 127 Å². The molecular weight excluding hydrogens is 400 g/mol. The first-order chi connectivity index (χ1) is 16.2. The predicted molar refractivity (Wildman–Crippen MR) is 142 cm³/mol. The summed E-state index contributed by atoms with van der Waals surface area (Å²) in [6.07, 6.45) is 11.5. The number of hydrogen-bond acceptors (Lipinski definition) is 1. The standard InChI is InChI=1S/C31H28N2/c1-4-11-26-22(3)20-24(18-19-32-29(26)5-2)23-16-17-31-28(21-23)27-14-9-10-15-30(27)33(31)25-12-7-6-8-13-25/h4,6-21,32H,3,5H2,1-2H3/b11-4-,19-18-,24-20+,29-26-. The number of hydrogen-bond donors (Lipinski definition) is 1. The lowest BCUT2D eigenvalue weighted by Crippen LogP contribution is -2.09. The number of rotatable bonds is 4. The van der Waals surface area contributed by atoms with Crippen molar-refractivity contribution in [3.8, 4) is 5.69 Å². The molecule has 0 fully saturated rings. The molecule has 0 amide bonds. The van der Waals surface area contributed by atoms with Gasteiger partial charge in [0.2, 0.25) is 0 Å². The third kappa shape index (κ3) is 3.74. The van der Waals surface area contributed by atoms with Crippen LogP contribution < -0.4 is 5.32 Å². The van der Waals surface area contributed by atoms with Crippen molar-refractivity contribution in [1.29, 1.82) is 0 Å². The van der Waals surface area contributed by atoms with E-state index >= 15 is 0 Å². The molecule has 1 aliphatic heterocycles. The summed E-state index contributed by atoms with van der Waals surface area (Å²) in [6.45, 7) is 8.59. The summed E-state index contributed by atoms with van der Waals surface area (Å²) in [4.78, 5) is 0. The normalized spacial score (nSPS) is 19.3. The highest BCUT2D eigenvalue weighted by molar-refractivity contribution is 6.10. The lowest BCUT2D eigenvalue weighted by molar-refractivity contribution is 0.927. The molecule has 5 rings (SSSR count). The number of aromatic nitrogens is 1. The Morgan fingerprint density at radius 2 is 1.67 bits per heavy atom. The molecule has 1 aromatic heterocycles. The van der Waals surface area contributed by atoms with E-state index in [1.165, 1.54) is 38.8 Å². The van der Waals surface area contributed by atoms with Gasteiger partial charge in [-0.2, -0.15) is 0 Å². The highest BCUT2D eigenvalue weighted by atomic mass is 15.0. The van der Waals surface area contributed by atoms with E-state index in [0.717, 1.165) is 23.1 Å². The zero-order chi connectivity index (χ0) is 22.8. The van der Waals surface area contributed by atoms with Gasteiger partial charge in [-0.1, -0.05) is 68.1 Å². The van der Waals surface area contributed by atoms with Gasteiger partial charge in [0.15, 0.2) is 0 Å². The van der Waals surface area contributed by atoms with Gasteiger partial charge in [0.05, 0.1) is 11.0 Å². The van der Waals surface area contributed by atoms with Crippen LogP contribution in [0.25, 0.3) is 33.1 Å². The van der Waals surface area contributed by atoms with Gasteiger partial charge in [0.25, 0.3) is 0 Å². The summed E-state index contributed by atoms with van der Waals surface area (Å²) < 4.78 is 2.34. The molecule has 0 saturated carbocycles. The molecule has 4 aromatic rings. The van der Waals surface area contributed by atoms with Crippen LogP contribution in [-0.2, 0) is 0 Å². The maximum Gasteiger partial charge on any atom is 0.0541 e. The van der Waals surface area contributed by atoms with Crippen molar-refractivity contribution >= 4 is 27.4 Å². The summed E-state index contributed by atoms with van der Waals surface area (Å²) in [5.41, 5.74) is 9.28. The van der Waals surface area contributed by atoms with Crippen molar-refractivity contribution in [1.82, 2.24) is 9.88 Å². The van der Waals surface area contributed by atoms with E-state index in [2.05, 4.69) is 120 Å². The predicted octanol–water partition coefficient (Wildman–Crippen LogP) is 8.08. The monoisotopic (exact) mass is 428 g/mol. The van der Waals surface area contributed by atoms with Crippen LogP contribution in [0.3, 0.4) is 0 Å². The van der Waals surface area contributed by atoms with E-state index in [9.17, 15) is 0 Å². The molecule has 0 spiro atoms. The van der Waals surface area contributed by atoms with Gasteiger partial charge in [-0.3, -0.25) is 0 Å². The molecule has 0 bridgehead atoms. The number of para-hydroxylation sites is 2. The summed E-state index contributed by atoms with van der Waals surface area (Å²) in [5.74, 6) is 0. The lowest BCUT2D eigenvalue weighted by Gasteiger charge is -2.16. The minimum absolute atomic E-state index is 0.928. The van der Waals surface area contributed by atoms with Crippen LogP contribution in [-0.4, -0.2) is 4.57 Å². The zero-order valence-corrected chi connectivity index (χ0v) is 19.2. The number of nitrogens with zero attached hydrogens (tertiary/aromatic N) is 1. The second kappa shape index (κ2) is 8.84. The average molecular weight is 429 g/mol. The Hall–Kier alpha value is -4.04. The van der Waals surface area contributed by atoms with Crippen molar-refractivity contribution in [3.05, 3.63) is 132 Å². The van der Waals surface area contributed by atoms with Gasteiger partial charge in [0.1, 0.15) is 0 Å². The molecule has 1 N–H and O–H groups in total. The molecule has 3 aromatic carbocycles. The summed E-state index contributed by atoms with van der Waals surface area (Å²) >= 11 is 0. The molecule has 2 heterocycles. The molecule has 0 radical (unpaired) electrons. The molecule has 162 valence electrons. The van der Waals surface area contributed by atoms with Gasteiger partial charge in [-0.05, 0) is 72.5 Å². The van der Waals surface area contributed by atoms with E-state index < -0.39 is 0 Å². The molecule has 0 aliphatic carbocycles. The van der Waals surface area contributed by atoms with Crippen LogP contribution in [0.5, 0.6) is 0 Å². The van der Waals surface area contributed by atoms with Gasteiger partial charge in [-0.25, -0.2) is 0 Å². The van der Waals surface area contributed by atoms with E-state index in [1.807, 2.05) is 13.1 Å². The minimum atomic E-state index is 0.928. The summed E-state index contributed by atoms with van der Waals surface area (Å²) in [6, 6.07) is 26.0. The summed E-state index contributed by atoms with van der Waals surface area (Å²) in [7, 11) is 0. The van der Waals surface area contributed by atoms with Gasteiger partial charge in [0, 0.05) is 33.9 Å². The fourth-order valence-electron chi connectivity index (χ4n) is 4.67. The first-order valence-corrected chi connectivity index (χ1v) is 11.5. The highest BCUT2D eigenvalue weighted by Gasteiger charge is 2.14. The number of fused-ring (bicyclic) bond motifs is 3. The molecule has 2 nitrogen and oxygen atoms in total. The topological polar surface area (TPSA) is 17.0 Å². The Morgan fingerprint density at radius 1 is 0.909 bits per heavy atom. The van der Waals surface area contributed by atoms with Crippen LogP contribution in [0.2, 0.25) is 0 Å². The third-order valence-electron chi connectivity index (χ3n) is 6.23. The van der Waals surface area contributed by atoms with Crippen LogP contribution in [0.4, 0.5) is 0 Å². The van der Waals surface area contributed by atoms with Crippen molar-refractivity contribution < 1.29 is 0 Å². The lowest BCUT2D eigenvalue weighted by atomic mass is 9.95. The van der Waals surface area contributed by atoms with Gasteiger partial charge >= 0.3 is 0 Å². The van der Waals surface area contributed by atoms with Crippen LogP contribution in [0, 0.1) is 0 Å². The van der Waals surface area contributed by atoms with Crippen molar-refractivity contribution in [3.63, 3.8) is 0 Å². The molecule has 33 heavy (non-hydrogen) atoms. The smallest absolute Gasteiger partial charge is 0.0541 e. The average Bonchev–Trinajstić information content (AvgIpc) is 3.18. The second-order valence-electron chi connectivity index (χ2n) is 8.27. The van der Waals surface area contributed by atoms with Gasteiger partial charge in [-0.15, -0.1) is 0 Å².